The Morgan fingerprint density at radius 1 is 1.02 bits per heavy atom. The summed E-state index contributed by atoms with van der Waals surface area (Å²) in [5.41, 5.74) is 6.03. The number of aliphatic imine (C=N–C) groups is 1. The van der Waals surface area contributed by atoms with Gasteiger partial charge in [0.1, 0.15) is 35.8 Å². The van der Waals surface area contributed by atoms with E-state index < -0.39 is 74.1 Å². The second kappa shape index (κ2) is 16.8. The summed E-state index contributed by atoms with van der Waals surface area (Å²) in [6, 6.07) is 9.23. The van der Waals surface area contributed by atoms with E-state index in [2.05, 4.69) is 40.9 Å². The first-order valence-corrected chi connectivity index (χ1v) is 20.1. The van der Waals surface area contributed by atoms with E-state index in [-0.39, 0.29) is 23.1 Å². The predicted octanol–water partition coefficient (Wildman–Crippen LogP) is 5.32. The maximum atomic E-state index is 14.7. The molecule has 0 bridgehead atoms. The molecule has 2 aromatic heterocycles. The van der Waals surface area contributed by atoms with Crippen molar-refractivity contribution in [3.05, 3.63) is 54.0 Å². The number of aromatic nitrogens is 3. The minimum atomic E-state index is -4.45. The molecule has 0 amide bonds. The summed E-state index contributed by atoms with van der Waals surface area (Å²) in [6.45, 7) is 13.8. The molecule has 3 N–H and O–H groups in total. The van der Waals surface area contributed by atoms with Crippen LogP contribution in [0.2, 0.25) is 0 Å². The van der Waals surface area contributed by atoms with E-state index in [1.54, 1.807) is 52.0 Å². The SMILES string of the molecule is CN=C[C@@]1(c2ccc3c(N)ncnn23)O[C@H](COP(=O)(N[C@@H](C)C(=O)OC2CCC2)Oc2ccc(C(C)(C)C)cc2)[C@@H](OC(=O)C(C)C)[C@H]1OC(=O)C(C)C. The third-order valence-electron chi connectivity index (χ3n) is 9.47. The Balaban J connectivity index is 1.56. The number of esters is 3. The van der Waals surface area contributed by atoms with Gasteiger partial charge >= 0.3 is 25.7 Å². The first-order chi connectivity index (χ1) is 25.9. The van der Waals surface area contributed by atoms with Crippen LogP contribution in [0.4, 0.5) is 5.82 Å². The van der Waals surface area contributed by atoms with Gasteiger partial charge in [-0.15, -0.1) is 0 Å². The number of carbonyl (C=O) groups excluding carboxylic acids is 3. The van der Waals surface area contributed by atoms with E-state index in [9.17, 15) is 18.9 Å². The molecule has 6 atom stereocenters. The molecule has 5 rings (SSSR count). The number of ether oxygens (including phenoxy) is 4. The normalized spacial score (nSPS) is 23.4. The summed E-state index contributed by atoms with van der Waals surface area (Å²) in [4.78, 5) is 48.1. The summed E-state index contributed by atoms with van der Waals surface area (Å²) >= 11 is 0. The van der Waals surface area contributed by atoms with Crippen LogP contribution < -0.4 is 15.3 Å². The van der Waals surface area contributed by atoms with Crippen molar-refractivity contribution in [1.29, 1.82) is 0 Å². The Bertz CT molecular complexity index is 1920. The van der Waals surface area contributed by atoms with Gasteiger partial charge in [0.25, 0.3) is 0 Å². The number of nitrogens with two attached hydrogens (primary N) is 1. The number of carbonyl (C=O) groups is 3. The molecule has 1 saturated heterocycles. The van der Waals surface area contributed by atoms with Crippen molar-refractivity contribution in [3.8, 4) is 5.75 Å². The highest BCUT2D eigenvalue weighted by Crippen LogP contribution is 2.49. The molecule has 17 heteroatoms. The topological polar surface area (TPSA) is 204 Å². The lowest BCUT2D eigenvalue weighted by Gasteiger charge is -2.32. The number of nitrogens with one attached hydrogen (secondary N) is 1. The minimum absolute atomic E-state index is 0.161. The van der Waals surface area contributed by atoms with Crippen LogP contribution in [0.1, 0.15) is 85.9 Å². The largest absolute Gasteiger partial charge is 0.461 e. The number of benzene rings is 1. The first-order valence-electron chi connectivity index (χ1n) is 18.5. The lowest BCUT2D eigenvalue weighted by Crippen LogP contribution is -2.48. The highest BCUT2D eigenvalue weighted by molar-refractivity contribution is 7.52. The predicted molar refractivity (Wildman–Crippen MR) is 203 cm³/mol. The van der Waals surface area contributed by atoms with Crippen molar-refractivity contribution in [3.63, 3.8) is 0 Å². The van der Waals surface area contributed by atoms with Gasteiger partial charge in [0, 0.05) is 13.3 Å². The molecule has 2 fully saturated rings. The third-order valence-corrected chi connectivity index (χ3v) is 11.1. The molecule has 2 aliphatic rings. The fourth-order valence-corrected chi connectivity index (χ4v) is 7.56. The molecule has 55 heavy (non-hydrogen) atoms. The zero-order valence-electron chi connectivity index (χ0n) is 32.9. The van der Waals surface area contributed by atoms with E-state index in [0.29, 0.717) is 11.2 Å². The Labute approximate surface area is 321 Å². The number of hydrogen-bond acceptors (Lipinski definition) is 14. The van der Waals surface area contributed by atoms with Crippen LogP contribution in [0.3, 0.4) is 0 Å². The van der Waals surface area contributed by atoms with Gasteiger partial charge in [-0.05, 0) is 61.4 Å². The molecule has 3 aromatic rings. The fraction of sp³-hybridized carbons (Fsp3) is 0.579. The highest BCUT2D eigenvalue weighted by Gasteiger charge is 2.61. The van der Waals surface area contributed by atoms with E-state index in [1.807, 2.05) is 12.1 Å². The van der Waals surface area contributed by atoms with Gasteiger partial charge < -0.3 is 29.2 Å². The zero-order valence-corrected chi connectivity index (χ0v) is 33.8. The molecule has 1 aromatic carbocycles. The lowest BCUT2D eigenvalue weighted by molar-refractivity contribution is -0.172. The summed E-state index contributed by atoms with van der Waals surface area (Å²) in [7, 11) is -2.95. The zero-order chi connectivity index (χ0) is 40.3. The van der Waals surface area contributed by atoms with Crippen LogP contribution in [0.5, 0.6) is 5.75 Å². The number of rotatable bonds is 15. The lowest BCUT2D eigenvalue weighted by atomic mass is 9.87. The van der Waals surface area contributed by atoms with Crippen molar-refractivity contribution in [2.24, 2.45) is 16.8 Å². The van der Waals surface area contributed by atoms with Crippen molar-refractivity contribution in [1.82, 2.24) is 19.7 Å². The molecule has 1 aliphatic carbocycles. The second-order valence-corrected chi connectivity index (χ2v) is 17.3. The van der Waals surface area contributed by atoms with Crippen LogP contribution in [-0.2, 0) is 53.4 Å². The monoisotopic (exact) mass is 784 g/mol. The van der Waals surface area contributed by atoms with Crippen molar-refractivity contribution in [2.45, 2.75) is 116 Å². The maximum absolute atomic E-state index is 14.7. The standard InChI is InChI=1S/C38H53N6O10P/c1-22(2)34(45)51-31-29(53-38(20-40-9,32(31)52-35(46)23(3)4)30-18-17-28-33(39)41-21-42-44(28)30)19-49-55(48,43-24(5)36(47)50-26-11-10-12-26)54-27-15-13-25(14-16-27)37(6,7)8/h13-18,20-24,26,29,31-32H,10-12,19H2,1-9H3,(H,43,48)(H2,39,41,42)/t24-,29+,31+,32+,38-,55?/m0/s1. The van der Waals surface area contributed by atoms with Crippen LogP contribution in [0.25, 0.3) is 5.52 Å². The third kappa shape index (κ3) is 9.37. The fourth-order valence-electron chi connectivity index (χ4n) is 6.05. The number of nitrogens with zero attached hydrogens (tertiary/aromatic N) is 4. The molecular weight excluding hydrogens is 731 g/mol. The van der Waals surface area contributed by atoms with Gasteiger partial charge in [-0.2, -0.15) is 10.2 Å². The van der Waals surface area contributed by atoms with Crippen LogP contribution in [-0.4, -0.2) is 82.8 Å². The Hall–Kier alpha value is -4.37. The van der Waals surface area contributed by atoms with Gasteiger partial charge in [-0.3, -0.25) is 23.9 Å². The molecule has 1 unspecified atom stereocenters. The van der Waals surface area contributed by atoms with Gasteiger partial charge in [-0.1, -0.05) is 60.6 Å². The van der Waals surface area contributed by atoms with Gasteiger partial charge in [0.05, 0.1) is 24.1 Å². The van der Waals surface area contributed by atoms with Gasteiger partial charge in [0.15, 0.2) is 23.6 Å². The Kier molecular flexibility index (Phi) is 12.7. The summed E-state index contributed by atoms with van der Waals surface area (Å²) in [5.74, 6) is -2.66. The molecule has 0 radical (unpaired) electrons. The van der Waals surface area contributed by atoms with Crippen molar-refractivity contribution < 1.29 is 46.9 Å². The highest BCUT2D eigenvalue weighted by atomic mass is 31.2. The van der Waals surface area contributed by atoms with E-state index in [1.165, 1.54) is 31.0 Å². The van der Waals surface area contributed by atoms with E-state index in [0.717, 1.165) is 24.8 Å². The molecule has 3 heterocycles. The van der Waals surface area contributed by atoms with Crippen LogP contribution >= 0.6 is 7.75 Å². The number of nitrogen functional groups attached to an aromatic ring is 1. The quantitative estimate of drug-likeness (QED) is 0.0867. The number of anilines is 1. The molecule has 16 nitrogen and oxygen atoms in total. The van der Waals surface area contributed by atoms with E-state index in [4.69, 9.17) is 33.7 Å². The average Bonchev–Trinajstić information content (AvgIpc) is 3.66. The maximum Gasteiger partial charge on any atom is 0.459 e. The first kappa shape index (κ1) is 41.8. The Morgan fingerprint density at radius 3 is 2.25 bits per heavy atom. The summed E-state index contributed by atoms with van der Waals surface area (Å²) < 4.78 is 52.8. The van der Waals surface area contributed by atoms with Gasteiger partial charge in [0.2, 0.25) is 0 Å². The molecular formula is C38H53N6O10P. The Morgan fingerprint density at radius 2 is 1.67 bits per heavy atom. The summed E-state index contributed by atoms with van der Waals surface area (Å²) in [6.07, 6.45) is 0.979. The second-order valence-electron chi connectivity index (χ2n) is 15.6. The summed E-state index contributed by atoms with van der Waals surface area (Å²) in [5, 5.41) is 7.11. The molecule has 300 valence electrons. The number of fused-ring (bicyclic) bond motifs is 1. The molecule has 1 aliphatic heterocycles. The van der Waals surface area contributed by atoms with E-state index >= 15 is 0 Å². The molecule has 0 spiro atoms. The van der Waals surface area contributed by atoms with Crippen LogP contribution in [0, 0.1) is 11.8 Å². The minimum Gasteiger partial charge on any atom is -0.461 e. The van der Waals surface area contributed by atoms with Gasteiger partial charge in [-0.25, -0.2) is 14.1 Å². The smallest absolute Gasteiger partial charge is 0.459 e. The average molecular weight is 785 g/mol. The van der Waals surface area contributed by atoms with Crippen molar-refractivity contribution in [2.75, 3.05) is 19.4 Å². The number of hydrogen-bond donors (Lipinski definition) is 2. The molecule has 1 saturated carbocycles. The van der Waals surface area contributed by atoms with Crippen molar-refractivity contribution >= 4 is 43.2 Å². The van der Waals surface area contributed by atoms with Crippen LogP contribution in [0.15, 0.2) is 47.7 Å².